The monoisotopic (exact) mass is 900 g/mol. The molecule has 0 aliphatic carbocycles. The van der Waals surface area contributed by atoms with E-state index in [1.54, 1.807) is 6.20 Å². The molecule has 0 N–H and O–H groups in total. The Bertz CT molecular complexity index is 3330. The van der Waals surface area contributed by atoms with Crippen molar-refractivity contribution in [2.24, 2.45) is 0 Å². The van der Waals surface area contributed by atoms with Crippen LogP contribution in [0.15, 0.2) is 170 Å². The molecule has 5 nitrogen and oxygen atoms in total. The third-order valence-corrected chi connectivity index (χ3v) is 10.6. The predicted octanol–water partition coefficient (Wildman–Crippen LogP) is 11.8. The first-order valence-corrected chi connectivity index (χ1v) is 18.5. The molecule has 0 atom stereocenters. The van der Waals surface area contributed by atoms with Gasteiger partial charge >= 0.3 is 21.1 Å². The van der Waals surface area contributed by atoms with Gasteiger partial charge in [-0.1, -0.05) is 132 Å². The number of aromatic nitrogens is 5. The van der Waals surface area contributed by atoms with E-state index in [9.17, 15) is 2.74 Å². The normalized spacial score (nSPS) is 12.4. The summed E-state index contributed by atoms with van der Waals surface area (Å²) in [6.45, 7) is 2.05. The molecule has 0 bridgehead atoms. The summed E-state index contributed by atoms with van der Waals surface area (Å²) in [5, 5.41) is 4.15. The molecule has 6 heteroatoms. The van der Waals surface area contributed by atoms with Gasteiger partial charge in [0.2, 0.25) is 0 Å². The Morgan fingerprint density at radius 2 is 1.39 bits per heavy atom. The van der Waals surface area contributed by atoms with E-state index >= 15 is 0 Å². The fraction of sp³-hybridized carbons (Fsp3) is 0.0400. The van der Waals surface area contributed by atoms with Gasteiger partial charge in [0.15, 0.2) is 0 Å². The van der Waals surface area contributed by atoms with Gasteiger partial charge in [0.05, 0.1) is 11.0 Å². The number of hydrogen-bond donors (Lipinski definition) is 0. The van der Waals surface area contributed by atoms with Gasteiger partial charge < -0.3 is 9.55 Å². The average Bonchev–Trinajstić information content (AvgIpc) is 3.94. The molecule has 4 aromatic heterocycles. The zero-order chi connectivity index (χ0) is 38.3. The molecule has 11 aromatic rings. The van der Waals surface area contributed by atoms with Crippen LogP contribution in [0, 0.1) is 13.0 Å². The van der Waals surface area contributed by atoms with Crippen LogP contribution in [0.25, 0.3) is 88.7 Å². The van der Waals surface area contributed by atoms with Crippen molar-refractivity contribution in [1.29, 1.82) is 0 Å². The van der Waals surface area contributed by atoms with Crippen molar-refractivity contribution in [2.45, 2.75) is 13.3 Å². The van der Waals surface area contributed by atoms with Gasteiger partial charge in [-0.3, -0.25) is 4.57 Å². The predicted molar refractivity (Wildman–Crippen MR) is 225 cm³/mol. The van der Waals surface area contributed by atoms with E-state index in [0.717, 1.165) is 94.2 Å². The molecule has 0 aliphatic heterocycles. The first kappa shape index (κ1) is 31.8. The molecule has 4 heterocycles. The second-order valence-corrected chi connectivity index (χ2v) is 13.9. The van der Waals surface area contributed by atoms with Crippen molar-refractivity contribution in [3.8, 4) is 34.0 Å². The van der Waals surface area contributed by atoms with E-state index in [-0.39, 0.29) is 21.1 Å². The van der Waals surface area contributed by atoms with Crippen LogP contribution in [0.2, 0.25) is 0 Å². The van der Waals surface area contributed by atoms with Gasteiger partial charge in [0.25, 0.3) is 0 Å². The van der Waals surface area contributed by atoms with Gasteiger partial charge in [0, 0.05) is 25.7 Å². The Morgan fingerprint density at radius 1 is 0.643 bits per heavy atom. The number of nitrogens with zero attached hydrogens (tertiary/aromatic N) is 5. The number of aryl methyl sites for hydroxylation is 1. The van der Waals surface area contributed by atoms with E-state index in [1.165, 1.54) is 0 Å². The zero-order valence-electron chi connectivity index (χ0n) is 32.2. The molecule has 0 aliphatic rings. The summed E-state index contributed by atoms with van der Waals surface area (Å²) in [5.41, 5.74) is 11.6. The smallest absolute Gasteiger partial charge is 0.656 e. The summed E-state index contributed by atoms with van der Waals surface area (Å²) in [5.74, 6) is 1.58. The van der Waals surface area contributed by atoms with Gasteiger partial charge in [0.1, 0.15) is 11.6 Å². The minimum Gasteiger partial charge on any atom is -0.656 e. The fourth-order valence-corrected chi connectivity index (χ4v) is 8.22. The van der Waals surface area contributed by atoms with Crippen LogP contribution in [-0.2, 0) is 27.4 Å². The molecule has 11 rings (SSSR count). The Balaban J connectivity index is 0.00000408. The molecule has 0 saturated carbocycles. The third kappa shape index (κ3) is 5.42. The van der Waals surface area contributed by atoms with Crippen molar-refractivity contribution in [3.63, 3.8) is 0 Å². The minimum absolute atomic E-state index is 0. The Labute approximate surface area is 341 Å². The second-order valence-electron chi connectivity index (χ2n) is 13.9. The first-order chi connectivity index (χ1) is 28.0. The van der Waals surface area contributed by atoms with Crippen LogP contribution < -0.4 is 4.98 Å². The quantitative estimate of drug-likeness (QED) is 0.156. The standard InChI is InChI=1S/C50H33N5.Pt/c1-32-28-34(29-33-14-4-2-5-15-33)30-42-39-26-25-35(31-45(39)55(49(32)42)46-24-10-11-27-51-46)37-19-13-23-44-48(37)53-50(54(44)36-16-6-3-7-17-36)41-21-12-20-40-38-18-8-9-22-43(38)52-47(40)41;/h2-28,30H,29H2,1H3;/q-2;+2/i29D2;. The summed E-state index contributed by atoms with van der Waals surface area (Å²) in [6.07, 6.45) is 0.112. The van der Waals surface area contributed by atoms with E-state index in [4.69, 9.17) is 15.0 Å². The van der Waals surface area contributed by atoms with Gasteiger partial charge in [-0.15, -0.1) is 34.8 Å². The molecule has 0 saturated heterocycles. The van der Waals surface area contributed by atoms with Crippen LogP contribution in [0.4, 0.5) is 0 Å². The van der Waals surface area contributed by atoms with Gasteiger partial charge in [-0.25, -0.2) is 9.97 Å². The molecule has 268 valence electrons. The number of pyridine rings is 1. The fourth-order valence-electron chi connectivity index (χ4n) is 8.22. The number of fused-ring (bicyclic) bond motifs is 7. The van der Waals surface area contributed by atoms with Crippen LogP contribution in [-0.4, -0.2) is 19.1 Å². The molecule has 0 amide bonds. The molecule has 7 aromatic carbocycles. The number of rotatable bonds is 6. The largest absolute Gasteiger partial charge is 2.00 e. The summed E-state index contributed by atoms with van der Waals surface area (Å²) < 4.78 is 22.8. The molecular weight excluding hydrogens is 866 g/mol. The topological polar surface area (TPSA) is 49.7 Å². The number of hydrogen-bond acceptors (Lipinski definition) is 2. The minimum atomic E-state index is -1.69. The Hall–Kier alpha value is -6.55. The second kappa shape index (κ2) is 13.6. The summed E-state index contributed by atoms with van der Waals surface area (Å²) in [4.78, 5) is 15.4. The molecular formula is C50H33N5Pt. The van der Waals surface area contributed by atoms with Crippen LogP contribution in [0.1, 0.15) is 19.4 Å². The Morgan fingerprint density at radius 3 is 2.23 bits per heavy atom. The third-order valence-electron chi connectivity index (χ3n) is 10.6. The molecule has 0 fully saturated rings. The van der Waals surface area contributed by atoms with E-state index in [0.29, 0.717) is 11.1 Å². The van der Waals surface area contributed by atoms with Crippen LogP contribution in [0.3, 0.4) is 0 Å². The van der Waals surface area contributed by atoms with Gasteiger partial charge in [-0.05, 0) is 82.0 Å². The Kier molecular flexibility index (Phi) is 7.73. The number of imidazole rings is 1. The van der Waals surface area contributed by atoms with Crippen molar-refractivity contribution in [2.75, 3.05) is 0 Å². The molecule has 56 heavy (non-hydrogen) atoms. The van der Waals surface area contributed by atoms with Crippen molar-refractivity contribution in [1.82, 2.24) is 24.1 Å². The average molecular weight is 901 g/mol. The van der Waals surface area contributed by atoms with E-state index in [1.807, 2.05) is 72.8 Å². The molecule has 0 radical (unpaired) electrons. The van der Waals surface area contributed by atoms with E-state index < -0.39 is 6.37 Å². The summed E-state index contributed by atoms with van der Waals surface area (Å²) in [6, 6.07) is 58.7. The van der Waals surface area contributed by atoms with Gasteiger partial charge in [-0.2, -0.15) is 0 Å². The summed E-state index contributed by atoms with van der Waals surface area (Å²) >= 11 is 0. The number of benzene rings is 7. The van der Waals surface area contributed by atoms with Crippen LogP contribution in [0.5, 0.6) is 0 Å². The maximum atomic E-state index is 9.23. The maximum absolute atomic E-state index is 9.23. The number of para-hydroxylation sites is 4. The zero-order valence-corrected chi connectivity index (χ0v) is 32.5. The van der Waals surface area contributed by atoms with Crippen molar-refractivity contribution < 1.29 is 23.8 Å². The first-order valence-electron chi connectivity index (χ1n) is 19.5. The maximum Gasteiger partial charge on any atom is 2.00 e. The van der Waals surface area contributed by atoms with Crippen molar-refractivity contribution in [3.05, 3.63) is 193 Å². The van der Waals surface area contributed by atoms with E-state index in [2.05, 4.69) is 113 Å². The SMILES string of the molecule is [2H]C([2H])(c1ccccc1)c1cc(C)c2c(c1)c1ccc(-c3cccc4c3nc(-c3cccc5c3[n-]c3ccccc35)n4-c3ccccc3)[c-]c1n2-c1ccccn1.[Pt+2]. The molecule has 0 unspecified atom stereocenters. The van der Waals surface area contributed by atoms with Crippen LogP contribution >= 0.6 is 0 Å². The van der Waals surface area contributed by atoms with Crippen molar-refractivity contribution >= 4 is 54.6 Å². The summed E-state index contributed by atoms with van der Waals surface area (Å²) in [7, 11) is 0. The molecule has 0 spiro atoms.